The summed E-state index contributed by atoms with van der Waals surface area (Å²) in [5.74, 6) is 1.04. The third-order valence-corrected chi connectivity index (χ3v) is 5.70. The average molecular weight is 359 g/mol. The quantitative estimate of drug-likeness (QED) is 0.698. The molecule has 0 radical (unpaired) electrons. The molecule has 27 heavy (non-hydrogen) atoms. The number of anilines is 1. The van der Waals surface area contributed by atoms with E-state index in [4.69, 9.17) is 4.42 Å². The summed E-state index contributed by atoms with van der Waals surface area (Å²) in [6, 6.07) is 14.5. The highest BCUT2D eigenvalue weighted by atomic mass is 16.3. The Hall–Kier alpha value is -3.08. The summed E-state index contributed by atoms with van der Waals surface area (Å²) in [5.41, 5.74) is 6.25. The summed E-state index contributed by atoms with van der Waals surface area (Å²) in [6.45, 7) is 4.69. The maximum atomic E-state index is 12.9. The van der Waals surface area contributed by atoms with Crippen LogP contribution in [0.2, 0.25) is 0 Å². The number of urea groups is 1. The van der Waals surface area contributed by atoms with E-state index < -0.39 is 0 Å². The molecular weight excluding hydrogens is 338 g/mol. The van der Waals surface area contributed by atoms with E-state index in [0.717, 1.165) is 35.5 Å². The predicted octanol–water partition coefficient (Wildman–Crippen LogP) is 5.03. The molecule has 1 saturated heterocycles. The molecule has 0 saturated carbocycles. The third kappa shape index (κ3) is 2.62. The van der Waals surface area contributed by atoms with Gasteiger partial charge in [0.1, 0.15) is 6.26 Å². The minimum atomic E-state index is -0.0459. The van der Waals surface area contributed by atoms with Crippen LogP contribution in [0.15, 0.2) is 53.1 Å². The van der Waals surface area contributed by atoms with E-state index in [1.165, 1.54) is 11.1 Å². The SMILES string of the molecule is Cc1coc(-c2cc(NC(=O)N3C[C@H]4C[C@@H]3c3ccccc34)ccc2C)n1. The number of oxazole rings is 1. The smallest absolute Gasteiger partial charge is 0.322 e. The monoisotopic (exact) mass is 359 g/mol. The topological polar surface area (TPSA) is 58.4 Å². The van der Waals surface area contributed by atoms with Crippen molar-refractivity contribution in [2.75, 3.05) is 11.9 Å². The zero-order valence-electron chi connectivity index (χ0n) is 15.4. The maximum absolute atomic E-state index is 12.9. The van der Waals surface area contributed by atoms with Crippen molar-refractivity contribution in [3.63, 3.8) is 0 Å². The molecule has 1 aliphatic heterocycles. The molecule has 2 aromatic carbocycles. The number of amides is 2. The predicted molar refractivity (Wildman–Crippen MR) is 104 cm³/mol. The van der Waals surface area contributed by atoms with Crippen molar-refractivity contribution in [2.45, 2.75) is 32.2 Å². The van der Waals surface area contributed by atoms with Crippen molar-refractivity contribution in [2.24, 2.45) is 0 Å². The van der Waals surface area contributed by atoms with Crippen molar-refractivity contribution in [3.8, 4) is 11.5 Å². The van der Waals surface area contributed by atoms with Crippen molar-refractivity contribution < 1.29 is 9.21 Å². The van der Waals surface area contributed by atoms with Crippen LogP contribution >= 0.6 is 0 Å². The Bertz CT molecular complexity index is 1040. The Morgan fingerprint density at radius 2 is 2.00 bits per heavy atom. The first-order chi connectivity index (χ1) is 13.1. The highest BCUT2D eigenvalue weighted by Crippen LogP contribution is 2.50. The van der Waals surface area contributed by atoms with Crippen molar-refractivity contribution in [1.29, 1.82) is 0 Å². The van der Waals surface area contributed by atoms with Gasteiger partial charge in [-0.05, 0) is 49.1 Å². The number of aryl methyl sites for hydroxylation is 2. The van der Waals surface area contributed by atoms with Crippen LogP contribution in [0.4, 0.5) is 10.5 Å². The largest absolute Gasteiger partial charge is 0.444 e. The second-order valence-corrected chi connectivity index (χ2v) is 7.48. The number of benzene rings is 2. The van der Waals surface area contributed by atoms with Crippen LogP contribution in [-0.2, 0) is 0 Å². The molecule has 2 amide bonds. The lowest BCUT2D eigenvalue weighted by Gasteiger charge is -2.29. The highest BCUT2D eigenvalue weighted by Gasteiger charge is 2.44. The van der Waals surface area contributed by atoms with E-state index >= 15 is 0 Å². The Morgan fingerprint density at radius 1 is 1.19 bits per heavy atom. The second-order valence-electron chi connectivity index (χ2n) is 7.48. The molecule has 2 bridgehead atoms. The molecule has 2 aliphatic rings. The Balaban J connectivity index is 1.38. The molecule has 3 aromatic rings. The lowest BCUT2D eigenvalue weighted by atomic mass is 9.99. The van der Waals surface area contributed by atoms with E-state index in [1.54, 1.807) is 6.26 Å². The van der Waals surface area contributed by atoms with Crippen LogP contribution < -0.4 is 5.32 Å². The first-order valence-electron chi connectivity index (χ1n) is 9.30. The summed E-state index contributed by atoms with van der Waals surface area (Å²) in [4.78, 5) is 19.3. The van der Waals surface area contributed by atoms with Gasteiger partial charge in [-0.25, -0.2) is 9.78 Å². The van der Waals surface area contributed by atoms with Gasteiger partial charge in [-0.1, -0.05) is 30.3 Å². The molecular formula is C22H21N3O2. The molecule has 2 atom stereocenters. The van der Waals surface area contributed by atoms with Gasteiger partial charge in [0.2, 0.25) is 5.89 Å². The second kappa shape index (κ2) is 5.98. The van der Waals surface area contributed by atoms with E-state index in [0.29, 0.717) is 11.8 Å². The van der Waals surface area contributed by atoms with Crippen molar-refractivity contribution in [3.05, 3.63) is 71.1 Å². The minimum Gasteiger partial charge on any atom is -0.444 e. The van der Waals surface area contributed by atoms with Crippen LogP contribution in [0.25, 0.3) is 11.5 Å². The van der Waals surface area contributed by atoms with Gasteiger partial charge in [0.25, 0.3) is 0 Å². The molecule has 1 aromatic heterocycles. The molecule has 1 aliphatic carbocycles. The molecule has 0 spiro atoms. The summed E-state index contributed by atoms with van der Waals surface area (Å²) < 4.78 is 5.54. The minimum absolute atomic E-state index is 0.0459. The Labute approximate surface area is 158 Å². The van der Waals surface area contributed by atoms with E-state index in [1.807, 2.05) is 36.9 Å². The van der Waals surface area contributed by atoms with Crippen molar-refractivity contribution in [1.82, 2.24) is 9.88 Å². The highest BCUT2D eigenvalue weighted by molar-refractivity contribution is 5.91. The molecule has 136 valence electrons. The first-order valence-corrected chi connectivity index (χ1v) is 9.30. The molecule has 5 heteroatoms. The van der Waals surface area contributed by atoms with Crippen molar-refractivity contribution >= 4 is 11.7 Å². The zero-order chi connectivity index (χ0) is 18.5. The van der Waals surface area contributed by atoms with Gasteiger partial charge in [-0.15, -0.1) is 0 Å². The van der Waals surface area contributed by atoms with Crippen LogP contribution in [0, 0.1) is 13.8 Å². The van der Waals surface area contributed by atoms with E-state index in [-0.39, 0.29) is 12.1 Å². The van der Waals surface area contributed by atoms with Crippen LogP contribution in [0.3, 0.4) is 0 Å². The van der Waals surface area contributed by atoms with Crippen LogP contribution in [0.5, 0.6) is 0 Å². The normalized spacial score (nSPS) is 20.0. The number of hydrogen-bond acceptors (Lipinski definition) is 3. The van der Waals surface area contributed by atoms with Gasteiger partial charge in [-0.3, -0.25) is 0 Å². The van der Waals surface area contributed by atoms with Crippen LogP contribution in [0.1, 0.15) is 40.8 Å². The van der Waals surface area contributed by atoms with Crippen LogP contribution in [-0.4, -0.2) is 22.5 Å². The number of likely N-dealkylation sites (tertiary alicyclic amines) is 1. The molecule has 0 unspecified atom stereocenters. The van der Waals surface area contributed by atoms with Gasteiger partial charge in [0.15, 0.2) is 0 Å². The molecule has 5 rings (SSSR count). The maximum Gasteiger partial charge on any atom is 0.322 e. The lowest BCUT2D eigenvalue weighted by molar-refractivity contribution is 0.205. The van der Waals surface area contributed by atoms with Gasteiger partial charge >= 0.3 is 6.03 Å². The Kier molecular flexibility index (Phi) is 3.57. The fraction of sp³-hybridized carbons (Fsp3) is 0.273. The Morgan fingerprint density at radius 3 is 2.78 bits per heavy atom. The number of nitrogens with one attached hydrogen (secondary N) is 1. The summed E-state index contributed by atoms with van der Waals surface area (Å²) in [5, 5.41) is 3.06. The van der Waals surface area contributed by atoms with E-state index in [2.05, 4.69) is 34.6 Å². The van der Waals surface area contributed by atoms with Gasteiger partial charge in [-0.2, -0.15) is 0 Å². The lowest BCUT2D eigenvalue weighted by Crippen LogP contribution is -2.36. The molecule has 5 nitrogen and oxygen atoms in total. The fourth-order valence-electron chi connectivity index (χ4n) is 4.37. The molecule has 1 fully saturated rings. The first kappa shape index (κ1) is 16.1. The number of carbonyl (C=O) groups excluding carboxylic acids is 1. The number of rotatable bonds is 2. The number of aromatic nitrogens is 1. The standard InChI is InChI=1S/C22H21N3O2/c1-13-7-8-16(10-19(13)21-23-14(2)12-27-21)24-22(26)25-11-15-9-20(25)18-6-4-3-5-17(15)18/h3-8,10,12,15,20H,9,11H2,1-2H3,(H,24,26)/t15-,20-/m1/s1. The van der Waals surface area contributed by atoms with Gasteiger partial charge in [0.05, 0.1) is 11.7 Å². The molecule has 2 heterocycles. The summed E-state index contributed by atoms with van der Waals surface area (Å²) in [6.07, 6.45) is 2.67. The summed E-state index contributed by atoms with van der Waals surface area (Å²) in [7, 11) is 0. The number of carbonyl (C=O) groups is 1. The zero-order valence-corrected chi connectivity index (χ0v) is 15.4. The van der Waals surface area contributed by atoms with Gasteiger partial charge in [0, 0.05) is 23.7 Å². The molecule has 1 N–H and O–H groups in total. The van der Waals surface area contributed by atoms with E-state index in [9.17, 15) is 4.79 Å². The van der Waals surface area contributed by atoms with Gasteiger partial charge < -0.3 is 14.6 Å². The number of hydrogen-bond donors (Lipinski definition) is 1. The third-order valence-electron chi connectivity index (χ3n) is 5.70. The average Bonchev–Trinajstić information content (AvgIpc) is 3.38. The number of fused-ring (bicyclic) bond motifs is 5. The fourth-order valence-corrected chi connectivity index (χ4v) is 4.37. The number of nitrogens with zero attached hydrogens (tertiary/aromatic N) is 2. The summed E-state index contributed by atoms with van der Waals surface area (Å²) >= 11 is 0.